The van der Waals surface area contributed by atoms with Gasteiger partial charge in [-0.1, -0.05) is 48.5 Å². The van der Waals surface area contributed by atoms with Gasteiger partial charge in [-0.05, 0) is 36.1 Å². The summed E-state index contributed by atoms with van der Waals surface area (Å²) in [6, 6.07) is 16.6. The summed E-state index contributed by atoms with van der Waals surface area (Å²) in [5.74, 6) is 0.0421. The van der Waals surface area contributed by atoms with Gasteiger partial charge in [-0.3, -0.25) is 0 Å². The highest BCUT2D eigenvalue weighted by Gasteiger charge is 2.29. The molecule has 12 nitrogen and oxygen atoms in total. The van der Waals surface area contributed by atoms with Gasteiger partial charge in [0, 0.05) is 19.5 Å². The van der Waals surface area contributed by atoms with E-state index in [-0.39, 0.29) is 18.1 Å². The average molecular weight is 692 g/mol. The average Bonchev–Trinajstić information content (AvgIpc) is 3.43. The number of benzene rings is 2. The number of carbonyl (C=O) groups is 1. The smallest absolute Gasteiger partial charge is 0.409 e. The number of hydrogen-bond acceptors (Lipinski definition) is 11. The lowest BCUT2D eigenvalue weighted by Crippen LogP contribution is -2.32. The Labute approximate surface area is 292 Å². The van der Waals surface area contributed by atoms with Gasteiger partial charge in [0.15, 0.2) is 0 Å². The van der Waals surface area contributed by atoms with Crippen LogP contribution in [0.15, 0.2) is 48.5 Å². The minimum atomic E-state index is -0.361. The lowest BCUT2D eigenvalue weighted by Gasteiger charge is -2.19. The number of fused-ring (bicyclic) bond motifs is 3. The fraction of sp³-hybridized carbons (Fsp3) is 0.649. The first-order valence-electron chi connectivity index (χ1n) is 17.4. The highest BCUT2D eigenvalue weighted by atomic mass is 16.6. The molecule has 12 heteroatoms. The van der Waals surface area contributed by atoms with Crippen LogP contribution in [0.4, 0.5) is 4.79 Å². The van der Waals surface area contributed by atoms with E-state index >= 15 is 0 Å². The lowest BCUT2D eigenvalue weighted by atomic mass is 9.98. The quantitative estimate of drug-likeness (QED) is 0.109. The van der Waals surface area contributed by atoms with E-state index in [4.69, 9.17) is 47.4 Å². The monoisotopic (exact) mass is 691 g/mol. The summed E-state index contributed by atoms with van der Waals surface area (Å²) >= 11 is 0. The Hall–Kier alpha value is -2.65. The number of ether oxygens (including phenoxy) is 10. The summed E-state index contributed by atoms with van der Waals surface area (Å²) in [4.78, 5) is 14.1. The van der Waals surface area contributed by atoms with Crippen LogP contribution < -0.4 is 0 Å². The zero-order valence-electron chi connectivity index (χ0n) is 29.6. The highest BCUT2D eigenvalue weighted by Crippen LogP contribution is 2.44. The van der Waals surface area contributed by atoms with Crippen molar-refractivity contribution in [2.24, 2.45) is 0 Å². The molecule has 0 radical (unpaired) electrons. The van der Waals surface area contributed by atoms with E-state index in [1.165, 1.54) is 27.2 Å². The minimum Gasteiger partial charge on any atom is -0.448 e. The summed E-state index contributed by atoms with van der Waals surface area (Å²) in [6.45, 7) is 13.3. The van der Waals surface area contributed by atoms with Gasteiger partial charge < -0.3 is 52.3 Å². The van der Waals surface area contributed by atoms with Gasteiger partial charge in [-0.2, -0.15) is 0 Å². The second kappa shape index (κ2) is 26.2. The van der Waals surface area contributed by atoms with Crippen LogP contribution in [-0.2, 0) is 47.4 Å². The topological polar surface area (TPSA) is 113 Å². The molecule has 0 aromatic heterocycles. The first-order valence-corrected chi connectivity index (χ1v) is 17.4. The molecule has 3 rings (SSSR count). The Kier molecular flexibility index (Phi) is 21.8. The molecular weight excluding hydrogens is 634 g/mol. The van der Waals surface area contributed by atoms with Gasteiger partial charge in [0.25, 0.3) is 0 Å². The number of hydrogen-bond donors (Lipinski definition) is 0. The summed E-state index contributed by atoms with van der Waals surface area (Å²) in [5, 5.41) is 0. The van der Waals surface area contributed by atoms with Crippen LogP contribution in [0.25, 0.3) is 11.1 Å². The van der Waals surface area contributed by atoms with Gasteiger partial charge in [0.1, 0.15) is 6.61 Å². The van der Waals surface area contributed by atoms with Crippen molar-refractivity contribution < 1.29 is 52.2 Å². The van der Waals surface area contributed by atoms with E-state index in [1.54, 1.807) is 7.05 Å². The SMILES string of the molecule is CC(C)OCCOCCOCCOCCOCCOCCOCCOCCOCCN(C)C(=O)OCC1c2ccccc2-c2ccccc21. The molecule has 0 atom stereocenters. The van der Waals surface area contributed by atoms with Crippen molar-refractivity contribution in [1.82, 2.24) is 4.90 Å². The van der Waals surface area contributed by atoms with Crippen molar-refractivity contribution in [3.63, 3.8) is 0 Å². The molecule has 0 bridgehead atoms. The van der Waals surface area contributed by atoms with Gasteiger partial charge >= 0.3 is 6.09 Å². The van der Waals surface area contributed by atoms with Crippen molar-refractivity contribution in [3.05, 3.63) is 59.7 Å². The third-order valence-electron chi connectivity index (χ3n) is 7.50. The Morgan fingerprint density at radius 1 is 0.551 bits per heavy atom. The molecule has 0 saturated heterocycles. The maximum absolute atomic E-state index is 12.6. The number of carbonyl (C=O) groups excluding carboxylic acids is 1. The van der Waals surface area contributed by atoms with Crippen molar-refractivity contribution >= 4 is 6.09 Å². The summed E-state index contributed by atoms with van der Waals surface area (Å²) in [7, 11) is 1.72. The van der Waals surface area contributed by atoms with E-state index in [0.29, 0.717) is 125 Å². The molecule has 0 fully saturated rings. The van der Waals surface area contributed by atoms with Crippen LogP contribution in [0.1, 0.15) is 30.9 Å². The molecule has 49 heavy (non-hydrogen) atoms. The van der Waals surface area contributed by atoms with Gasteiger partial charge in [0.2, 0.25) is 0 Å². The predicted octanol–water partition coefficient (Wildman–Crippen LogP) is 4.43. The van der Waals surface area contributed by atoms with Crippen molar-refractivity contribution in [1.29, 1.82) is 0 Å². The lowest BCUT2D eigenvalue weighted by molar-refractivity contribution is -0.0270. The molecule has 2 aromatic carbocycles. The fourth-order valence-corrected chi connectivity index (χ4v) is 4.98. The maximum atomic E-state index is 12.6. The largest absolute Gasteiger partial charge is 0.448 e. The van der Waals surface area contributed by atoms with Gasteiger partial charge in [-0.25, -0.2) is 4.79 Å². The Balaban J connectivity index is 1.01. The summed E-state index contributed by atoms with van der Waals surface area (Å²) in [6.07, 6.45) is -0.135. The van der Waals surface area contributed by atoms with Crippen LogP contribution >= 0.6 is 0 Å². The van der Waals surface area contributed by atoms with E-state index in [1.807, 2.05) is 38.1 Å². The summed E-state index contributed by atoms with van der Waals surface area (Å²) in [5.41, 5.74) is 4.81. The number of nitrogens with zero attached hydrogens (tertiary/aromatic N) is 1. The molecule has 0 saturated carbocycles. The maximum Gasteiger partial charge on any atom is 0.409 e. The molecule has 1 amide bonds. The third-order valence-corrected chi connectivity index (χ3v) is 7.50. The fourth-order valence-electron chi connectivity index (χ4n) is 4.98. The Bertz CT molecular complexity index is 1090. The van der Waals surface area contributed by atoms with E-state index in [0.717, 1.165) is 0 Å². The molecule has 1 aliphatic carbocycles. The second-order valence-corrected chi connectivity index (χ2v) is 11.5. The van der Waals surface area contributed by atoms with Crippen molar-refractivity contribution in [2.45, 2.75) is 25.9 Å². The van der Waals surface area contributed by atoms with Crippen LogP contribution in [-0.4, -0.2) is 150 Å². The molecule has 0 aliphatic heterocycles. The molecule has 0 heterocycles. The van der Waals surface area contributed by atoms with Crippen molar-refractivity contribution in [3.8, 4) is 11.1 Å². The molecular formula is C37H57NO11. The van der Waals surface area contributed by atoms with Gasteiger partial charge in [0.05, 0.1) is 118 Å². The van der Waals surface area contributed by atoms with Crippen LogP contribution in [0, 0.1) is 0 Å². The van der Waals surface area contributed by atoms with E-state index in [9.17, 15) is 4.79 Å². The highest BCUT2D eigenvalue weighted by molar-refractivity contribution is 5.79. The molecule has 0 unspecified atom stereocenters. The number of rotatable bonds is 30. The first-order chi connectivity index (χ1) is 24.1. The second-order valence-electron chi connectivity index (χ2n) is 11.5. The molecule has 0 N–H and O–H groups in total. The first kappa shape index (κ1) is 40.8. The molecule has 2 aromatic rings. The van der Waals surface area contributed by atoms with Crippen LogP contribution in [0.5, 0.6) is 0 Å². The zero-order chi connectivity index (χ0) is 34.8. The van der Waals surface area contributed by atoms with Crippen LogP contribution in [0.3, 0.4) is 0 Å². The Morgan fingerprint density at radius 2 is 0.898 bits per heavy atom. The summed E-state index contributed by atoms with van der Waals surface area (Å²) < 4.78 is 55.1. The number of amides is 1. The van der Waals surface area contributed by atoms with E-state index < -0.39 is 0 Å². The molecule has 0 spiro atoms. The minimum absolute atomic E-state index is 0.0421. The predicted molar refractivity (Wildman–Crippen MR) is 185 cm³/mol. The third kappa shape index (κ3) is 17.2. The molecule has 276 valence electrons. The number of likely N-dealkylation sites (N-methyl/N-ethyl adjacent to an activating group) is 1. The standard InChI is InChI=1S/C37H57NO11/c1-31(2)48-29-28-47-27-26-46-25-24-45-23-22-44-21-20-43-19-18-42-17-16-41-15-14-40-13-12-38(3)37(39)49-30-36-34-10-6-4-8-32(34)33-9-5-7-11-35(33)36/h4-11,31,36H,12-30H2,1-3H3. The van der Waals surface area contributed by atoms with Gasteiger partial charge in [-0.15, -0.1) is 0 Å². The van der Waals surface area contributed by atoms with Crippen molar-refractivity contribution in [2.75, 3.05) is 133 Å². The normalized spacial score (nSPS) is 12.4. The van der Waals surface area contributed by atoms with E-state index in [2.05, 4.69) is 24.3 Å². The molecule has 1 aliphatic rings. The Morgan fingerprint density at radius 3 is 1.29 bits per heavy atom. The van der Waals surface area contributed by atoms with Crippen LogP contribution in [0.2, 0.25) is 0 Å². The zero-order valence-corrected chi connectivity index (χ0v) is 29.6.